The Morgan fingerprint density at radius 1 is 1.20 bits per heavy atom. The maximum absolute atomic E-state index is 5.70. The Labute approximate surface area is 198 Å². The molecule has 7 nitrogen and oxygen atoms in total. The molecule has 162 valence electrons. The standard InChI is InChI=1S/C21H27N5O2S.HI/c1-15(2)27-18-8-6-17(7-9-18)25-21(22-12-10-19-5-4-14-29-19)23-13-11-20-24-16(3)26-28-20;/h4-9,14-15H,10-13H2,1-3H3,(H2,22,23,25);1H. The summed E-state index contributed by atoms with van der Waals surface area (Å²) in [6, 6.07) is 12.1. The highest BCUT2D eigenvalue weighted by atomic mass is 127. The largest absolute Gasteiger partial charge is 0.491 e. The molecule has 0 spiro atoms. The van der Waals surface area contributed by atoms with Crippen molar-refractivity contribution < 1.29 is 9.26 Å². The fourth-order valence-electron chi connectivity index (χ4n) is 2.63. The summed E-state index contributed by atoms with van der Waals surface area (Å²) in [5, 5.41) is 12.6. The molecule has 0 bridgehead atoms. The Bertz CT molecular complexity index is 895. The van der Waals surface area contributed by atoms with E-state index in [9.17, 15) is 0 Å². The van der Waals surface area contributed by atoms with Gasteiger partial charge in [-0.05, 0) is 56.5 Å². The number of guanidine groups is 1. The number of rotatable bonds is 9. The molecule has 2 N–H and O–H groups in total. The van der Waals surface area contributed by atoms with Crippen molar-refractivity contribution in [2.75, 3.05) is 18.4 Å². The summed E-state index contributed by atoms with van der Waals surface area (Å²) in [5.41, 5.74) is 0.942. The molecule has 2 heterocycles. The van der Waals surface area contributed by atoms with Gasteiger partial charge in [0.1, 0.15) is 5.75 Å². The van der Waals surface area contributed by atoms with Gasteiger partial charge in [-0.15, -0.1) is 35.3 Å². The number of thiophene rings is 1. The number of aromatic nitrogens is 2. The summed E-state index contributed by atoms with van der Waals surface area (Å²) in [7, 11) is 0. The molecule has 2 aromatic heterocycles. The van der Waals surface area contributed by atoms with Crippen molar-refractivity contribution in [3.8, 4) is 5.75 Å². The molecular formula is C21H28IN5O2S. The highest BCUT2D eigenvalue weighted by Crippen LogP contribution is 2.17. The van der Waals surface area contributed by atoms with E-state index in [4.69, 9.17) is 14.3 Å². The zero-order valence-electron chi connectivity index (χ0n) is 17.4. The number of aliphatic imine (C=N–C) groups is 1. The normalized spacial score (nSPS) is 11.3. The third kappa shape index (κ3) is 8.31. The number of ether oxygens (including phenoxy) is 1. The Kier molecular flexibility index (Phi) is 10.1. The number of nitrogens with one attached hydrogen (secondary N) is 2. The predicted molar refractivity (Wildman–Crippen MR) is 132 cm³/mol. The van der Waals surface area contributed by atoms with Crippen LogP contribution in [0.4, 0.5) is 5.69 Å². The van der Waals surface area contributed by atoms with Gasteiger partial charge in [0.25, 0.3) is 0 Å². The van der Waals surface area contributed by atoms with Crippen molar-refractivity contribution in [3.05, 3.63) is 58.4 Å². The van der Waals surface area contributed by atoms with Crippen molar-refractivity contribution >= 4 is 47.0 Å². The van der Waals surface area contributed by atoms with Gasteiger partial charge in [-0.3, -0.25) is 4.99 Å². The van der Waals surface area contributed by atoms with Gasteiger partial charge in [-0.2, -0.15) is 4.98 Å². The minimum atomic E-state index is 0. The van der Waals surface area contributed by atoms with Gasteiger partial charge in [-0.1, -0.05) is 11.2 Å². The van der Waals surface area contributed by atoms with Crippen LogP contribution in [0.3, 0.4) is 0 Å². The third-order valence-corrected chi connectivity index (χ3v) is 4.83. The molecule has 0 aliphatic carbocycles. The monoisotopic (exact) mass is 541 g/mol. The lowest BCUT2D eigenvalue weighted by molar-refractivity contribution is 0.242. The van der Waals surface area contributed by atoms with E-state index in [1.165, 1.54) is 4.88 Å². The van der Waals surface area contributed by atoms with Crippen LogP contribution in [0.5, 0.6) is 5.75 Å². The average molecular weight is 541 g/mol. The van der Waals surface area contributed by atoms with Crippen LogP contribution in [0, 0.1) is 6.92 Å². The maximum atomic E-state index is 5.70. The van der Waals surface area contributed by atoms with Crippen LogP contribution in [-0.2, 0) is 12.8 Å². The summed E-state index contributed by atoms with van der Waals surface area (Å²) < 4.78 is 10.9. The van der Waals surface area contributed by atoms with E-state index < -0.39 is 0 Å². The van der Waals surface area contributed by atoms with E-state index in [-0.39, 0.29) is 30.1 Å². The summed E-state index contributed by atoms with van der Waals surface area (Å²) in [4.78, 5) is 10.3. The second-order valence-electron chi connectivity index (χ2n) is 6.79. The van der Waals surface area contributed by atoms with Gasteiger partial charge < -0.3 is 19.9 Å². The van der Waals surface area contributed by atoms with Crippen molar-refractivity contribution in [2.24, 2.45) is 4.99 Å². The Hall–Kier alpha value is -2.14. The SMILES string of the molecule is Cc1noc(CCNC(=NCCc2cccs2)Nc2ccc(OC(C)C)cc2)n1.I. The number of halogens is 1. The van der Waals surface area contributed by atoms with Crippen LogP contribution < -0.4 is 15.4 Å². The third-order valence-electron chi connectivity index (χ3n) is 3.90. The lowest BCUT2D eigenvalue weighted by Gasteiger charge is -2.14. The topological polar surface area (TPSA) is 84.6 Å². The number of hydrogen-bond acceptors (Lipinski definition) is 6. The van der Waals surface area contributed by atoms with Crippen molar-refractivity contribution in [1.29, 1.82) is 0 Å². The van der Waals surface area contributed by atoms with Crippen LogP contribution in [0.1, 0.15) is 30.4 Å². The predicted octanol–water partition coefficient (Wildman–Crippen LogP) is 4.69. The maximum Gasteiger partial charge on any atom is 0.228 e. The van der Waals surface area contributed by atoms with Crippen molar-refractivity contribution in [1.82, 2.24) is 15.5 Å². The van der Waals surface area contributed by atoms with Crippen molar-refractivity contribution in [3.63, 3.8) is 0 Å². The molecule has 3 rings (SSSR count). The quantitative estimate of drug-likeness (QED) is 0.233. The smallest absolute Gasteiger partial charge is 0.228 e. The number of benzene rings is 1. The molecule has 0 fully saturated rings. The molecule has 0 radical (unpaired) electrons. The molecule has 0 saturated carbocycles. The lowest BCUT2D eigenvalue weighted by Crippen LogP contribution is -2.32. The number of aryl methyl sites for hydroxylation is 1. The Morgan fingerprint density at radius 3 is 2.63 bits per heavy atom. The molecule has 9 heteroatoms. The number of nitrogens with zero attached hydrogens (tertiary/aromatic N) is 3. The summed E-state index contributed by atoms with van der Waals surface area (Å²) >= 11 is 1.75. The van der Waals surface area contributed by atoms with Gasteiger partial charge in [0, 0.05) is 36.5 Å². The fraction of sp³-hybridized carbons (Fsp3) is 0.381. The van der Waals surface area contributed by atoms with E-state index in [2.05, 4.69) is 38.3 Å². The molecule has 0 amide bonds. The first-order valence-corrected chi connectivity index (χ1v) is 10.6. The van der Waals surface area contributed by atoms with Crippen LogP contribution in [0.15, 0.2) is 51.3 Å². The fourth-order valence-corrected chi connectivity index (χ4v) is 3.33. The first-order valence-electron chi connectivity index (χ1n) is 9.72. The minimum absolute atomic E-state index is 0. The Morgan fingerprint density at radius 2 is 2.00 bits per heavy atom. The molecular weight excluding hydrogens is 513 g/mol. The van der Waals surface area contributed by atoms with E-state index in [1.54, 1.807) is 11.3 Å². The first kappa shape index (κ1) is 24.1. The molecule has 1 aromatic carbocycles. The lowest BCUT2D eigenvalue weighted by atomic mass is 10.3. The summed E-state index contributed by atoms with van der Waals surface area (Å²) in [6.07, 6.45) is 1.69. The second-order valence-corrected chi connectivity index (χ2v) is 7.82. The second kappa shape index (κ2) is 12.5. The van der Waals surface area contributed by atoms with Crippen LogP contribution in [0.25, 0.3) is 0 Å². The summed E-state index contributed by atoms with van der Waals surface area (Å²) in [6.45, 7) is 7.18. The molecule has 0 aliphatic heterocycles. The molecule has 30 heavy (non-hydrogen) atoms. The molecule has 0 saturated heterocycles. The van der Waals surface area contributed by atoms with E-state index in [0.717, 1.165) is 23.8 Å². The van der Waals surface area contributed by atoms with Crippen LogP contribution in [-0.4, -0.2) is 35.3 Å². The summed E-state index contributed by atoms with van der Waals surface area (Å²) in [5.74, 6) is 2.83. The number of anilines is 1. The van der Waals surface area contributed by atoms with Crippen LogP contribution in [0.2, 0.25) is 0 Å². The van der Waals surface area contributed by atoms with Crippen molar-refractivity contribution in [2.45, 2.75) is 39.7 Å². The Balaban J connectivity index is 0.00000320. The van der Waals surface area contributed by atoms with E-state index in [1.807, 2.05) is 45.0 Å². The van der Waals surface area contributed by atoms with Gasteiger partial charge >= 0.3 is 0 Å². The highest BCUT2D eigenvalue weighted by Gasteiger charge is 2.05. The zero-order chi connectivity index (χ0) is 20.5. The van der Waals surface area contributed by atoms with Gasteiger partial charge in [-0.25, -0.2) is 0 Å². The van der Waals surface area contributed by atoms with Crippen LogP contribution >= 0.6 is 35.3 Å². The molecule has 0 aliphatic rings. The zero-order valence-corrected chi connectivity index (χ0v) is 20.6. The van der Waals surface area contributed by atoms with E-state index >= 15 is 0 Å². The molecule has 0 unspecified atom stereocenters. The average Bonchev–Trinajstić information content (AvgIpc) is 3.34. The van der Waals surface area contributed by atoms with E-state index in [0.29, 0.717) is 31.2 Å². The first-order chi connectivity index (χ1) is 14.1. The highest BCUT2D eigenvalue weighted by molar-refractivity contribution is 14.0. The van der Waals surface area contributed by atoms with Gasteiger partial charge in [0.05, 0.1) is 6.10 Å². The van der Waals surface area contributed by atoms with Gasteiger partial charge in [0.15, 0.2) is 11.8 Å². The molecule has 3 aromatic rings. The number of hydrogen-bond donors (Lipinski definition) is 2. The minimum Gasteiger partial charge on any atom is -0.491 e. The van der Waals surface area contributed by atoms with Gasteiger partial charge in [0.2, 0.25) is 5.89 Å². The molecule has 0 atom stereocenters.